The standard InChI is InChI=1S/C22H19ClN2O2/c1-16(24-25-22(26)19-5-3-2-4-6-19)18-9-13-21(14-10-18)27-15-17-7-11-20(23)12-8-17/h2-14H,15H2,1H3,(H,25,26)/b24-16+. The van der Waals surface area contributed by atoms with E-state index in [4.69, 9.17) is 16.3 Å². The molecule has 0 aliphatic heterocycles. The van der Waals surface area contributed by atoms with Gasteiger partial charge in [-0.05, 0) is 66.6 Å². The second-order valence-corrected chi connectivity index (χ2v) is 6.38. The number of rotatable bonds is 6. The van der Waals surface area contributed by atoms with Crippen molar-refractivity contribution in [2.24, 2.45) is 5.10 Å². The SMILES string of the molecule is C/C(=N\NC(=O)c1ccccc1)c1ccc(OCc2ccc(Cl)cc2)cc1. The van der Waals surface area contributed by atoms with Crippen LogP contribution in [0.3, 0.4) is 0 Å². The molecular formula is C22H19ClN2O2. The number of amides is 1. The zero-order valence-electron chi connectivity index (χ0n) is 14.9. The zero-order chi connectivity index (χ0) is 19.1. The predicted octanol–water partition coefficient (Wildman–Crippen LogP) is 5.07. The molecule has 0 spiro atoms. The van der Waals surface area contributed by atoms with Crippen LogP contribution in [-0.2, 0) is 6.61 Å². The van der Waals surface area contributed by atoms with Crippen molar-refractivity contribution in [3.05, 3.63) is 101 Å². The number of hydrogen-bond acceptors (Lipinski definition) is 3. The van der Waals surface area contributed by atoms with E-state index in [9.17, 15) is 4.79 Å². The molecule has 0 atom stereocenters. The molecule has 0 saturated carbocycles. The second-order valence-electron chi connectivity index (χ2n) is 5.94. The van der Waals surface area contributed by atoms with Crippen LogP contribution >= 0.6 is 11.6 Å². The summed E-state index contributed by atoms with van der Waals surface area (Å²) >= 11 is 5.88. The molecule has 3 aromatic carbocycles. The molecule has 1 amide bonds. The summed E-state index contributed by atoms with van der Waals surface area (Å²) in [6.07, 6.45) is 0. The van der Waals surface area contributed by atoms with Crippen molar-refractivity contribution in [3.63, 3.8) is 0 Å². The van der Waals surface area contributed by atoms with E-state index in [0.29, 0.717) is 22.9 Å². The molecule has 0 saturated heterocycles. The Bertz CT molecular complexity index is 921. The minimum absolute atomic E-state index is 0.238. The monoisotopic (exact) mass is 378 g/mol. The Morgan fingerprint density at radius 3 is 2.26 bits per heavy atom. The van der Waals surface area contributed by atoms with Gasteiger partial charge < -0.3 is 4.74 Å². The molecule has 0 bridgehead atoms. The minimum atomic E-state index is -0.238. The van der Waals surface area contributed by atoms with Gasteiger partial charge in [0.1, 0.15) is 12.4 Å². The molecule has 0 aliphatic rings. The van der Waals surface area contributed by atoms with Crippen LogP contribution in [0.15, 0.2) is 84.0 Å². The third-order valence-corrected chi connectivity index (χ3v) is 4.20. The van der Waals surface area contributed by atoms with Gasteiger partial charge in [-0.1, -0.05) is 41.9 Å². The fourth-order valence-electron chi connectivity index (χ4n) is 2.39. The maximum absolute atomic E-state index is 12.0. The molecule has 5 heteroatoms. The largest absolute Gasteiger partial charge is 0.489 e. The van der Waals surface area contributed by atoms with Crippen LogP contribution in [-0.4, -0.2) is 11.6 Å². The molecule has 0 fully saturated rings. The van der Waals surface area contributed by atoms with E-state index in [1.165, 1.54) is 0 Å². The fourth-order valence-corrected chi connectivity index (χ4v) is 2.52. The number of halogens is 1. The van der Waals surface area contributed by atoms with Crippen molar-refractivity contribution in [2.75, 3.05) is 0 Å². The first kappa shape index (κ1) is 18.7. The highest BCUT2D eigenvalue weighted by Gasteiger charge is 2.04. The van der Waals surface area contributed by atoms with Gasteiger partial charge in [0.2, 0.25) is 0 Å². The number of ether oxygens (including phenoxy) is 1. The van der Waals surface area contributed by atoms with Crippen LogP contribution in [0.5, 0.6) is 5.75 Å². The topological polar surface area (TPSA) is 50.7 Å². The van der Waals surface area contributed by atoms with Crippen LogP contribution in [0.4, 0.5) is 0 Å². The molecule has 1 N–H and O–H groups in total. The van der Waals surface area contributed by atoms with E-state index in [1.54, 1.807) is 12.1 Å². The molecule has 0 unspecified atom stereocenters. The molecule has 27 heavy (non-hydrogen) atoms. The third-order valence-electron chi connectivity index (χ3n) is 3.95. The maximum Gasteiger partial charge on any atom is 0.271 e. The highest BCUT2D eigenvalue weighted by Crippen LogP contribution is 2.16. The van der Waals surface area contributed by atoms with E-state index < -0.39 is 0 Å². The van der Waals surface area contributed by atoms with Gasteiger partial charge in [-0.2, -0.15) is 5.10 Å². The summed E-state index contributed by atoms with van der Waals surface area (Å²) in [4.78, 5) is 12.0. The van der Waals surface area contributed by atoms with Crippen LogP contribution in [0.25, 0.3) is 0 Å². The van der Waals surface area contributed by atoms with E-state index in [-0.39, 0.29) is 5.91 Å². The summed E-state index contributed by atoms with van der Waals surface area (Å²) in [6, 6.07) is 24.1. The number of nitrogens with zero attached hydrogens (tertiary/aromatic N) is 1. The summed E-state index contributed by atoms with van der Waals surface area (Å²) in [6.45, 7) is 2.31. The molecule has 4 nitrogen and oxygen atoms in total. The van der Waals surface area contributed by atoms with Crippen molar-refractivity contribution in [3.8, 4) is 5.75 Å². The fraction of sp³-hybridized carbons (Fsp3) is 0.0909. The van der Waals surface area contributed by atoms with Gasteiger partial charge in [0, 0.05) is 10.6 Å². The van der Waals surface area contributed by atoms with Crippen molar-refractivity contribution in [2.45, 2.75) is 13.5 Å². The number of hydrogen-bond donors (Lipinski definition) is 1. The van der Waals surface area contributed by atoms with Gasteiger partial charge in [-0.25, -0.2) is 5.43 Å². The van der Waals surface area contributed by atoms with E-state index in [0.717, 1.165) is 16.9 Å². The Morgan fingerprint density at radius 1 is 0.926 bits per heavy atom. The molecule has 3 aromatic rings. The first-order valence-corrected chi connectivity index (χ1v) is 8.87. The summed E-state index contributed by atoms with van der Waals surface area (Å²) in [5.41, 5.74) is 5.80. The van der Waals surface area contributed by atoms with E-state index in [1.807, 2.05) is 73.7 Å². The third kappa shape index (κ3) is 5.43. The Kier molecular flexibility index (Phi) is 6.23. The van der Waals surface area contributed by atoms with Gasteiger partial charge >= 0.3 is 0 Å². The molecule has 0 aromatic heterocycles. The molecule has 0 heterocycles. The first-order chi connectivity index (χ1) is 13.1. The lowest BCUT2D eigenvalue weighted by atomic mass is 10.1. The summed E-state index contributed by atoms with van der Waals surface area (Å²) in [7, 11) is 0. The van der Waals surface area contributed by atoms with E-state index >= 15 is 0 Å². The highest BCUT2D eigenvalue weighted by atomic mass is 35.5. The minimum Gasteiger partial charge on any atom is -0.489 e. The predicted molar refractivity (Wildman–Crippen MR) is 108 cm³/mol. The van der Waals surface area contributed by atoms with Crippen molar-refractivity contribution >= 4 is 23.2 Å². The van der Waals surface area contributed by atoms with Gasteiger partial charge in [0.25, 0.3) is 5.91 Å². The Labute approximate surface area is 163 Å². The maximum atomic E-state index is 12.0. The van der Waals surface area contributed by atoms with Crippen molar-refractivity contribution in [1.82, 2.24) is 5.43 Å². The Balaban J connectivity index is 1.57. The molecular weight excluding hydrogens is 360 g/mol. The number of nitrogens with one attached hydrogen (secondary N) is 1. The van der Waals surface area contributed by atoms with Crippen LogP contribution in [0, 0.1) is 0 Å². The lowest BCUT2D eigenvalue weighted by Crippen LogP contribution is -2.19. The van der Waals surface area contributed by atoms with Gasteiger partial charge in [0.15, 0.2) is 0 Å². The first-order valence-electron chi connectivity index (χ1n) is 8.49. The molecule has 3 rings (SSSR count). The average Bonchev–Trinajstić information content (AvgIpc) is 2.72. The second kappa shape index (κ2) is 9.01. The van der Waals surface area contributed by atoms with Gasteiger partial charge in [0.05, 0.1) is 5.71 Å². The lowest BCUT2D eigenvalue weighted by molar-refractivity contribution is 0.0955. The van der Waals surface area contributed by atoms with Gasteiger partial charge in [-0.3, -0.25) is 4.79 Å². The summed E-state index contributed by atoms with van der Waals surface area (Å²) in [5.74, 6) is 0.521. The number of carbonyl (C=O) groups excluding carboxylic acids is 1. The molecule has 0 aliphatic carbocycles. The van der Waals surface area contributed by atoms with Crippen LogP contribution < -0.4 is 10.2 Å². The summed E-state index contributed by atoms with van der Waals surface area (Å²) < 4.78 is 5.77. The van der Waals surface area contributed by atoms with Crippen molar-refractivity contribution < 1.29 is 9.53 Å². The number of hydrazone groups is 1. The lowest BCUT2D eigenvalue weighted by Gasteiger charge is -2.08. The van der Waals surface area contributed by atoms with Gasteiger partial charge in [-0.15, -0.1) is 0 Å². The Hall–Kier alpha value is -3.11. The quantitative estimate of drug-likeness (QED) is 0.480. The van der Waals surface area contributed by atoms with Crippen LogP contribution in [0.2, 0.25) is 5.02 Å². The van der Waals surface area contributed by atoms with E-state index in [2.05, 4.69) is 10.5 Å². The zero-order valence-corrected chi connectivity index (χ0v) is 15.6. The normalized spacial score (nSPS) is 11.1. The van der Waals surface area contributed by atoms with Crippen molar-refractivity contribution in [1.29, 1.82) is 0 Å². The average molecular weight is 379 g/mol. The van der Waals surface area contributed by atoms with Crippen LogP contribution in [0.1, 0.15) is 28.4 Å². The smallest absolute Gasteiger partial charge is 0.271 e. The number of carbonyl (C=O) groups is 1. The Morgan fingerprint density at radius 2 is 1.59 bits per heavy atom. The number of benzene rings is 3. The molecule has 0 radical (unpaired) electrons. The summed E-state index contributed by atoms with van der Waals surface area (Å²) in [5, 5.41) is 4.87. The highest BCUT2D eigenvalue weighted by molar-refractivity contribution is 6.30. The molecule has 136 valence electrons.